The van der Waals surface area contributed by atoms with Gasteiger partial charge >= 0.3 is 0 Å². The summed E-state index contributed by atoms with van der Waals surface area (Å²) >= 11 is 0. The summed E-state index contributed by atoms with van der Waals surface area (Å²) in [6, 6.07) is 5.35. The van der Waals surface area contributed by atoms with E-state index in [9.17, 15) is 9.90 Å². The fourth-order valence-electron chi connectivity index (χ4n) is 3.10. The molecule has 0 aliphatic heterocycles. The first-order valence-electron chi connectivity index (χ1n) is 8.56. The third-order valence-corrected chi connectivity index (χ3v) is 4.27. The van der Waals surface area contributed by atoms with Crippen LogP contribution in [0.1, 0.15) is 46.5 Å². The van der Waals surface area contributed by atoms with Crippen LogP contribution in [0, 0.1) is 5.41 Å². The maximum atomic E-state index is 12.6. The van der Waals surface area contributed by atoms with Gasteiger partial charge in [-0.1, -0.05) is 20.8 Å². The molecule has 0 amide bonds. The molecule has 2 rings (SSSR count). The Morgan fingerprint density at radius 3 is 2.56 bits per heavy atom. The topological polar surface area (TPSA) is 68.1 Å². The van der Waals surface area contributed by atoms with Gasteiger partial charge in [0.05, 0.1) is 25.5 Å². The summed E-state index contributed by atoms with van der Waals surface area (Å²) in [5, 5.41) is 10.4. The number of aliphatic imine (C=N–C) groups is 1. The van der Waals surface area contributed by atoms with Crippen molar-refractivity contribution in [2.75, 3.05) is 14.2 Å². The summed E-state index contributed by atoms with van der Waals surface area (Å²) in [6.07, 6.45) is 2.28. The first-order valence-corrected chi connectivity index (χ1v) is 8.56. The summed E-state index contributed by atoms with van der Waals surface area (Å²) in [7, 11) is 3.16. The molecule has 25 heavy (non-hydrogen) atoms. The molecule has 1 aromatic rings. The lowest BCUT2D eigenvalue weighted by Gasteiger charge is -2.31. The van der Waals surface area contributed by atoms with Crippen molar-refractivity contribution in [2.45, 2.75) is 46.5 Å². The molecular formula is C20H27NO4. The van der Waals surface area contributed by atoms with Crippen LogP contribution < -0.4 is 9.47 Å². The van der Waals surface area contributed by atoms with Crippen molar-refractivity contribution in [1.82, 2.24) is 0 Å². The Kier molecular flexibility index (Phi) is 5.88. The van der Waals surface area contributed by atoms with Crippen LogP contribution in [0.25, 0.3) is 0 Å². The van der Waals surface area contributed by atoms with E-state index >= 15 is 0 Å². The van der Waals surface area contributed by atoms with Crippen LogP contribution in [0.5, 0.6) is 11.5 Å². The molecule has 1 aliphatic rings. The smallest absolute Gasteiger partial charge is 0.168 e. The average Bonchev–Trinajstić information content (AvgIpc) is 2.53. The molecule has 0 radical (unpaired) electrons. The molecule has 0 heterocycles. The summed E-state index contributed by atoms with van der Waals surface area (Å²) < 4.78 is 10.6. The van der Waals surface area contributed by atoms with Crippen molar-refractivity contribution >= 4 is 17.2 Å². The molecule has 0 bridgehead atoms. The van der Waals surface area contributed by atoms with Crippen LogP contribution in [0.2, 0.25) is 0 Å². The second-order valence-corrected chi connectivity index (χ2v) is 7.11. The number of aliphatic hydroxyl groups is 1. The predicted octanol–water partition coefficient (Wildman–Crippen LogP) is 4.78. The van der Waals surface area contributed by atoms with E-state index < -0.39 is 0 Å². The number of carbonyl (C=O) groups excluding carboxylic acids is 1. The van der Waals surface area contributed by atoms with Gasteiger partial charge in [-0.05, 0) is 30.4 Å². The van der Waals surface area contributed by atoms with E-state index in [0.717, 1.165) is 6.42 Å². The van der Waals surface area contributed by atoms with Crippen molar-refractivity contribution in [2.24, 2.45) is 10.4 Å². The normalized spacial score (nSPS) is 20.5. The van der Waals surface area contributed by atoms with Gasteiger partial charge in [0, 0.05) is 18.9 Å². The average molecular weight is 345 g/mol. The van der Waals surface area contributed by atoms with E-state index in [2.05, 4.69) is 0 Å². The van der Waals surface area contributed by atoms with Crippen molar-refractivity contribution in [3.05, 3.63) is 29.5 Å². The number of ketones is 1. The van der Waals surface area contributed by atoms with Crippen molar-refractivity contribution in [3.8, 4) is 11.5 Å². The number of nitrogens with zero attached hydrogens (tertiary/aromatic N) is 1. The molecule has 0 spiro atoms. The van der Waals surface area contributed by atoms with Gasteiger partial charge in [0.15, 0.2) is 5.78 Å². The third kappa shape index (κ3) is 4.41. The molecule has 136 valence electrons. The van der Waals surface area contributed by atoms with Gasteiger partial charge in [-0.3, -0.25) is 4.79 Å². The number of ether oxygens (including phenoxy) is 2. The summed E-state index contributed by atoms with van der Waals surface area (Å²) in [4.78, 5) is 17.3. The maximum Gasteiger partial charge on any atom is 0.168 e. The Labute approximate surface area is 149 Å². The zero-order chi connectivity index (χ0) is 18.6. The Bertz CT molecular complexity index is 716. The molecule has 1 aromatic carbocycles. The molecule has 5 heteroatoms. The number of hydrogen-bond donors (Lipinski definition) is 1. The lowest BCUT2D eigenvalue weighted by Crippen LogP contribution is -2.32. The molecule has 1 saturated carbocycles. The zero-order valence-electron chi connectivity index (χ0n) is 15.7. The highest BCUT2D eigenvalue weighted by atomic mass is 16.5. The number of methoxy groups -OCH3 is 2. The Balaban J connectivity index is 2.56. The molecule has 0 aromatic heterocycles. The van der Waals surface area contributed by atoms with E-state index in [1.54, 1.807) is 32.4 Å². The third-order valence-electron chi connectivity index (χ3n) is 4.27. The van der Waals surface area contributed by atoms with Crippen molar-refractivity contribution in [3.63, 3.8) is 0 Å². The van der Waals surface area contributed by atoms with Crippen LogP contribution >= 0.6 is 0 Å². The largest absolute Gasteiger partial charge is 0.511 e. The number of Topliss-reactive ketones (excluding diaryl/α,β-unsaturated/α-hetero) is 1. The fourth-order valence-corrected chi connectivity index (χ4v) is 3.10. The molecule has 0 unspecified atom stereocenters. The van der Waals surface area contributed by atoms with Gasteiger partial charge in [-0.25, -0.2) is 4.99 Å². The summed E-state index contributed by atoms with van der Waals surface area (Å²) in [5.41, 5.74) is 1.42. The van der Waals surface area contributed by atoms with Crippen LogP contribution in [0.15, 0.2) is 34.5 Å². The number of rotatable bonds is 5. The van der Waals surface area contributed by atoms with Gasteiger partial charge in [0.2, 0.25) is 0 Å². The summed E-state index contributed by atoms with van der Waals surface area (Å²) in [5.74, 6) is 1.32. The quantitative estimate of drug-likeness (QED) is 0.616. The number of hydrogen-bond acceptors (Lipinski definition) is 5. The number of benzene rings is 1. The Hall–Kier alpha value is -2.30. The second-order valence-electron chi connectivity index (χ2n) is 7.11. The molecule has 5 nitrogen and oxygen atoms in total. The first kappa shape index (κ1) is 19.0. The highest BCUT2D eigenvalue weighted by molar-refractivity contribution is 6.25. The van der Waals surface area contributed by atoms with Gasteiger partial charge in [-0.15, -0.1) is 0 Å². The van der Waals surface area contributed by atoms with Crippen LogP contribution in [-0.2, 0) is 4.79 Å². The van der Waals surface area contributed by atoms with Gasteiger partial charge in [0.1, 0.15) is 22.9 Å². The predicted molar refractivity (Wildman–Crippen MR) is 99.2 cm³/mol. The zero-order valence-corrected chi connectivity index (χ0v) is 15.7. The van der Waals surface area contributed by atoms with Crippen molar-refractivity contribution < 1.29 is 19.4 Å². The number of allylic oxidation sites excluding steroid dienone is 2. The minimum absolute atomic E-state index is 0.0478. The monoisotopic (exact) mass is 345 g/mol. The maximum absolute atomic E-state index is 12.6. The molecule has 0 atom stereocenters. The van der Waals surface area contributed by atoms with Gasteiger partial charge in [0.25, 0.3) is 0 Å². The minimum atomic E-state index is -0.189. The molecular weight excluding hydrogens is 318 g/mol. The van der Waals surface area contributed by atoms with E-state index in [1.165, 1.54) is 0 Å². The molecule has 1 N–H and O–H groups in total. The molecule has 1 fully saturated rings. The highest BCUT2D eigenvalue weighted by Gasteiger charge is 2.36. The van der Waals surface area contributed by atoms with E-state index in [4.69, 9.17) is 14.5 Å². The lowest BCUT2D eigenvalue weighted by molar-refractivity contribution is -0.117. The Morgan fingerprint density at radius 1 is 1.24 bits per heavy atom. The molecule has 0 saturated heterocycles. The van der Waals surface area contributed by atoms with Gasteiger partial charge < -0.3 is 14.6 Å². The van der Waals surface area contributed by atoms with Gasteiger partial charge in [-0.2, -0.15) is 0 Å². The summed E-state index contributed by atoms with van der Waals surface area (Å²) in [6.45, 7) is 6.05. The van der Waals surface area contributed by atoms with Crippen LogP contribution in [0.3, 0.4) is 0 Å². The van der Waals surface area contributed by atoms with Crippen LogP contribution in [0.4, 0.5) is 5.69 Å². The molecule has 1 aliphatic carbocycles. The minimum Gasteiger partial charge on any atom is -0.511 e. The Morgan fingerprint density at radius 2 is 1.96 bits per heavy atom. The highest BCUT2D eigenvalue weighted by Crippen LogP contribution is 2.39. The van der Waals surface area contributed by atoms with Crippen molar-refractivity contribution in [1.29, 1.82) is 0 Å². The van der Waals surface area contributed by atoms with E-state index in [1.807, 2.05) is 20.8 Å². The SMILES string of the molecule is CCCC(O)=C1C(=O)CC(C)(C)CC1=Nc1ccc(OC)cc1OC. The van der Waals surface area contributed by atoms with Crippen LogP contribution in [-0.4, -0.2) is 30.8 Å². The fraction of sp³-hybridized carbons (Fsp3) is 0.500. The standard InChI is InChI=1S/C20H27NO4/c1-6-7-16(22)19-15(11-20(2,3)12-17(19)23)21-14-9-8-13(24-4)10-18(14)25-5/h8-10,22H,6-7,11-12H2,1-5H3. The van der Waals surface area contributed by atoms with E-state index in [0.29, 0.717) is 47.7 Å². The second kappa shape index (κ2) is 7.72. The first-order chi connectivity index (χ1) is 11.8. The van der Waals surface area contributed by atoms with E-state index in [-0.39, 0.29) is 17.0 Å². The number of carbonyl (C=O) groups is 1. The number of aliphatic hydroxyl groups excluding tert-OH is 1. The lowest BCUT2D eigenvalue weighted by atomic mass is 9.73.